The Kier molecular flexibility index (Phi) is 4.64. The molecule has 1 aromatic rings. The number of alkyl halides is 3. The molecule has 0 aliphatic rings. The molecule has 1 heterocycles. The average molecular weight is 235 g/mol. The Labute approximate surface area is 92.7 Å². The van der Waals surface area contributed by atoms with E-state index < -0.39 is 12.6 Å². The summed E-state index contributed by atoms with van der Waals surface area (Å²) >= 11 is 0. The lowest BCUT2D eigenvalue weighted by atomic mass is 10.3. The molecule has 0 unspecified atom stereocenters. The van der Waals surface area contributed by atoms with Crippen LogP contribution in [0.25, 0.3) is 0 Å². The van der Waals surface area contributed by atoms with Crippen LogP contribution in [0, 0.1) is 0 Å². The van der Waals surface area contributed by atoms with Gasteiger partial charge in [-0.15, -0.1) is 0 Å². The summed E-state index contributed by atoms with van der Waals surface area (Å²) in [6.07, 6.45) is -0.331. The van der Waals surface area contributed by atoms with E-state index in [1.165, 1.54) is 0 Å². The molecule has 16 heavy (non-hydrogen) atoms. The molecule has 0 aliphatic heterocycles. The van der Waals surface area contributed by atoms with E-state index in [0.29, 0.717) is 12.5 Å². The lowest BCUT2D eigenvalue weighted by molar-refractivity contribution is -0.134. The SMILES string of the molecule is CCCn1ccnc1NCCCC(F)(F)F. The minimum absolute atomic E-state index is 0.0719. The number of anilines is 1. The number of aryl methyl sites for hydroxylation is 1. The van der Waals surface area contributed by atoms with Gasteiger partial charge in [-0.3, -0.25) is 0 Å². The number of nitrogens with one attached hydrogen (secondary N) is 1. The summed E-state index contributed by atoms with van der Waals surface area (Å²) in [4.78, 5) is 4.04. The quantitative estimate of drug-likeness (QED) is 0.768. The Morgan fingerprint density at radius 2 is 2.19 bits per heavy atom. The molecule has 0 amide bonds. The largest absolute Gasteiger partial charge is 0.389 e. The second-order valence-corrected chi connectivity index (χ2v) is 3.59. The highest BCUT2D eigenvalue weighted by Gasteiger charge is 2.25. The molecule has 0 bridgehead atoms. The van der Waals surface area contributed by atoms with Crippen molar-refractivity contribution < 1.29 is 13.2 Å². The van der Waals surface area contributed by atoms with Crippen molar-refractivity contribution in [3.05, 3.63) is 12.4 Å². The van der Waals surface area contributed by atoms with Crippen LogP contribution in [-0.4, -0.2) is 22.3 Å². The second kappa shape index (κ2) is 5.77. The van der Waals surface area contributed by atoms with E-state index >= 15 is 0 Å². The zero-order valence-corrected chi connectivity index (χ0v) is 9.22. The van der Waals surface area contributed by atoms with Crippen LogP contribution < -0.4 is 5.32 Å². The lowest BCUT2D eigenvalue weighted by Gasteiger charge is -2.09. The summed E-state index contributed by atoms with van der Waals surface area (Å²) in [5, 5.41) is 2.90. The zero-order valence-electron chi connectivity index (χ0n) is 9.22. The van der Waals surface area contributed by atoms with Crippen LogP contribution in [0.3, 0.4) is 0 Å². The van der Waals surface area contributed by atoms with E-state index in [0.717, 1.165) is 13.0 Å². The van der Waals surface area contributed by atoms with E-state index in [2.05, 4.69) is 10.3 Å². The fraction of sp³-hybridized carbons (Fsp3) is 0.700. The molecule has 6 heteroatoms. The smallest absolute Gasteiger partial charge is 0.356 e. The third-order valence-electron chi connectivity index (χ3n) is 2.10. The fourth-order valence-corrected chi connectivity index (χ4v) is 1.39. The lowest BCUT2D eigenvalue weighted by Crippen LogP contribution is -2.13. The van der Waals surface area contributed by atoms with Crippen molar-refractivity contribution in [2.24, 2.45) is 0 Å². The van der Waals surface area contributed by atoms with Crippen molar-refractivity contribution in [3.8, 4) is 0 Å². The van der Waals surface area contributed by atoms with E-state index in [-0.39, 0.29) is 6.42 Å². The van der Waals surface area contributed by atoms with Gasteiger partial charge >= 0.3 is 6.18 Å². The van der Waals surface area contributed by atoms with Gasteiger partial charge in [-0.1, -0.05) is 6.92 Å². The van der Waals surface area contributed by atoms with E-state index in [9.17, 15) is 13.2 Å². The van der Waals surface area contributed by atoms with Crippen LogP contribution in [0.4, 0.5) is 19.1 Å². The van der Waals surface area contributed by atoms with Gasteiger partial charge in [0.2, 0.25) is 5.95 Å². The average Bonchev–Trinajstić information content (AvgIpc) is 2.60. The van der Waals surface area contributed by atoms with Gasteiger partial charge in [-0.2, -0.15) is 13.2 Å². The number of rotatable bonds is 6. The van der Waals surface area contributed by atoms with Gasteiger partial charge in [0.25, 0.3) is 0 Å². The Morgan fingerprint density at radius 1 is 1.44 bits per heavy atom. The molecular weight excluding hydrogens is 219 g/mol. The summed E-state index contributed by atoms with van der Waals surface area (Å²) in [6.45, 7) is 3.15. The highest BCUT2D eigenvalue weighted by molar-refractivity contribution is 5.25. The summed E-state index contributed by atoms with van der Waals surface area (Å²) in [5.41, 5.74) is 0. The number of halogens is 3. The predicted molar refractivity (Wildman–Crippen MR) is 56.3 cm³/mol. The highest BCUT2D eigenvalue weighted by atomic mass is 19.4. The number of aromatic nitrogens is 2. The van der Waals surface area contributed by atoms with Crippen molar-refractivity contribution in [1.29, 1.82) is 0 Å². The Morgan fingerprint density at radius 3 is 2.81 bits per heavy atom. The summed E-state index contributed by atoms with van der Waals surface area (Å²) in [7, 11) is 0. The molecule has 3 nitrogen and oxygen atoms in total. The van der Waals surface area contributed by atoms with Crippen molar-refractivity contribution in [1.82, 2.24) is 9.55 Å². The van der Waals surface area contributed by atoms with Gasteiger partial charge in [-0.25, -0.2) is 4.98 Å². The van der Waals surface area contributed by atoms with Crippen LogP contribution >= 0.6 is 0 Å². The summed E-state index contributed by atoms with van der Waals surface area (Å²) in [6, 6.07) is 0. The first-order valence-corrected chi connectivity index (χ1v) is 5.34. The topological polar surface area (TPSA) is 29.9 Å². The maximum absolute atomic E-state index is 11.9. The molecule has 0 aliphatic carbocycles. The standard InChI is InChI=1S/C10H16F3N3/c1-2-7-16-8-6-15-9(16)14-5-3-4-10(11,12)13/h6,8H,2-5,7H2,1H3,(H,14,15). The van der Waals surface area contributed by atoms with Crippen LogP contribution in [-0.2, 0) is 6.54 Å². The first-order valence-electron chi connectivity index (χ1n) is 5.34. The third-order valence-corrected chi connectivity index (χ3v) is 2.10. The Balaban J connectivity index is 2.29. The minimum Gasteiger partial charge on any atom is -0.356 e. The second-order valence-electron chi connectivity index (χ2n) is 3.59. The molecule has 0 saturated carbocycles. The monoisotopic (exact) mass is 235 g/mol. The van der Waals surface area contributed by atoms with Crippen LogP contribution in [0.1, 0.15) is 26.2 Å². The number of hydrogen-bond donors (Lipinski definition) is 1. The normalized spacial score (nSPS) is 11.8. The first-order chi connectivity index (χ1) is 7.53. The molecule has 1 aromatic heterocycles. The number of hydrogen-bond acceptors (Lipinski definition) is 2. The van der Waals surface area contributed by atoms with E-state index in [1.807, 2.05) is 17.7 Å². The molecule has 0 spiro atoms. The van der Waals surface area contributed by atoms with Gasteiger partial charge in [0.1, 0.15) is 0 Å². The molecule has 0 atom stereocenters. The minimum atomic E-state index is -4.07. The molecule has 0 radical (unpaired) electrons. The summed E-state index contributed by atoms with van der Waals surface area (Å²) < 4.78 is 37.5. The first kappa shape index (κ1) is 12.9. The maximum Gasteiger partial charge on any atom is 0.389 e. The number of imidazole rings is 1. The molecule has 1 rings (SSSR count). The van der Waals surface area contributed by atoms with E-state index in [1.54, 1.807) is 6.20 Å². The van der Waals surface area contributed by atoms with Crippen LogP contribution in [0.15, 0.2) is 12.4 Å². The van der Waals surface area contributed by atoms with Gasteiger partial charge in [0.05, 0.1) is 0 Å². The van der Waals surface area contributed by atoms with Gasteiger partial charge < -0.3 is 9.88 Å². The van der Waals surface area contributed by atoms with Gasteiger partial charge in [-0.05, 0) is 12.8 Å². The van der Waals surface area contributed by atoms with Crippen molar-refractivity contribution in [2.45, 2.75) is 38.9 Å². The molecule has 0 aromatic carbocycles. The van der Waals surface area contributed by atoms with Crippen LogP contribution in [0.2, 0.25) is 0 Å². The van der Waals surface area contributed by atoms with E-state index in [4.69, 9.17) is 0 Å². The van der Waals surface area contributed by atoms with Crippen molar-refractivity contribution in [3.63, 3.8) is 0 Å². The van der Waals surface area contributed by atoms with Gasteiger partial charge in [0.15, 0.2) is 0 Å². The van der Waals surface area contributed by atoms with Crippen molar-refractivity contribution in [2.75, 3.05) is 11.9 Å². The maximum atomic E-state index is 11.9. The van der Waals surface area contributed by atoms with Crippen LogP contribution in [0.5, 0.6) is 0 Å². The molecule has 0 fully saturated rings. The molecular formula is C10H16F3N3. The Hall–Kier alpha value is -1.20. The molecule has 0 saturated heterocycles. The highest BCUT2D eigenvalue weighted by Crippen LogP contribution is 2.21. The number of nitrogens with zero attached hydrogens (tertiary/aromatic N) is 2. The summed E-state index contributed by atoms with van der Waals surface area (Å²) in [5.74, 6) is 0.643. The van der Waals surface area contributed by atoms with Crippen molar-refractivity contribution >= 4 is 5.95 Å². The predicted octanol–water partition coefficient (Wildman–Crippen LogP) is 3.05. The van der Waals surface area contributed by atoms with Gasteiger partial charge in [0, 0.05) is 31.9 Å². The third kappa shape index (κ3) is 4.55. The molecule has 92 valence electrons. The zero-order chi connectivity index (χ0) is 12.0. The Bertz CT molecular complexity index is 307. The fourth-order valence-electron chi connectivity index (χ4n) is 1.39. The molecule has 1 N–H and O–H groups in total.